The highest BCUT2D eigenvalue weighted by atomic mass is 32.2. The second kappa shape index (κ2) is 10.9. The molecule has 0 unspecified atom stereocenters. The van der Waals surface area contributed by atoms with Crippen molar-refractivity contribution >= 4 is 28.6 Å². The summed E-state index contributed by atoms with van der Waals surface area (Å²) in [6.45, 7) is 5.63. The fraction of sp³-hybridized carbons (Fsp3) is 0.167. The molecule has 0 bridgehead atoms. The summed E-state index contributed by atoms with van der Waals surface area (Å²) in [6.07, 6.45) is 3.35. The number of thioether (sulfide) groups is 1. The van der Waals surface area contributed by atoms with Crippen LogP contribution in [0.5, 0.6) is 11.5 Å². The summed E-state index contributed by atoms with van der Waals surface area (Å²) >= 11 is 1.36. The summed E-state index contributed by atoms with van der Waals surface area (Å²) in [4.78, 5) is 22.8. The minimum absolute atomic E-state index is 0.0113. The van der Waals surface area contributed by atoms with Gasteiger partial charge in [0.2, 0.25) is 0 Å². The first-order chi connectivity index (χ1) is 18.7. The Bertz CT molecular complexity index is 1730. The average molecular weight is 543 g/mol. The molecule has 0 aliphatic carbocycles. The second-order valence-electron chi connectivity index (χ2n) is 9.08. The molecule has 0 saturated heterocycles. The Balaban J connectivity index is 1.41. The number of halogens is 2. The van der Waals surface area contributed by atoms with Gasteiger partial charge < -0.3 is 4.74 Å². The molecule has 2 aromatic carbocycles. The average Bonchev–Trinajstić information content (AvgIpc) is 2.91. The SMILES string of the molecule is CSc1c(C(=O)Cc2ccc(Oc3ccnc4cc(C)c(C)nc34)c(F)c2)nnc(C)c1-c1ccc(F)cc1. The monoisotopic (exact) mass is 542 g/mol. The van der Waals surface area contributed by atoms with Crippen molar-refractivity contribution in [2.45, 2.75) is 32.1 Å². The third-order valence-electron chi connectivity index (χ3n) is 6.40. The van der Waals surface area contributed by atoms with Gasteiger partial charge in [0.1, 0.15) is 17.0 Å². The highest BCUT2D eigenvalue weighted by Gasteiger charge is 2.21. The number of aromatic nitrogens is 4. The lowest BCUT2D eigenvalue weighted by atomic mass is 10.0. The summed E-state index contributed by atoms with van der Waals surface area (Å²) < 4.78 is 34.5. The number of ketones is 1. The molecule has 196 valence electrons. The zero-order chi connectivity index (χ0) is 27.7. The Morgan fingerprint density at radius 1 is 0.923 bits per heavy atom. The molecule has 3 heterocycles. The molecule has 0 aliphatic heterocycles. The van der Waals surface area contributed by atoms with Crippen LogP contribution in [0.4, 0.5) is 8.78 Å². The molecule has 39 heavy (non-hydrogen) atoms. The first-order valence-corrected chi connectivity index (χ1v) is 13.4. The molecule has 0 fully saturated rings. The van der Waals surface area contributed by atoms with Gasteiger partial charge in [0.15, 0.2) is 23.1 Å². The molecular formula is C30H24F2N4O2S. The van der Waals surface area contributed by atoms with Crippen molar-refractivity contribution in [1.82, 2.24) is 20.2 Å². The number of benzene rings is 2. The van der Waals surface area contributed by atoms with Crippen LogP contribution in [-0.2, 0) is 6.42 Å². The van der Waals surface area contributed by atoms with Gasteiger partial charge in [0.05, 0.1) is 11.2 Å². The van der Waals surface area contributed by atoms with Crippen molar-refractivity contribution in [3.8, 4) is 22.6 Å². The van der Waals surface area contributed by atoms with E-state index in [1.807, 2.05) is 26.2 Å². The molecule has 0 aliphatic rings. The number of nitrogens with zero attached hydrogens (tertiary/aromatic N) is 4. The number of hydrogen-bond acceptors (Lipinski definition) is 7. The molecule has 0 saturated carbocycles. The van der Waals surface area contributed by atoms with Gasteiger partial charge in [-0.15, -0.1) is 16.9 Å². The predicted molar refractivity (Wildman–Crippen MR) is 147 cm³/mol. The molecule has 5 aromatic rings. The first-order valence-electron chi connectivity index (χ1n) is 12.1. The maximum atomic E-state index is 15.1. The molecule has 5 rings (SSSR count). The van der Waals surface area contributed by atoms with Crippen LogP contribution in [0.25, 0.3) is 22.2 Å². The van der Waals surface area contributed by atoms with Gasteiger partial charge in [-0.25, -0.2) is 13.8 Å². The number of carbonyl (C=O) groups excluding carboxylic acids is 1. The number of pyridine rings is 2. The molecular weight excluding hydrogens is 518 g/mol. The van der Waals surface area contributed by atoms with Gasteiger partial charge >= 0.3 is 0 Å². The maximum Gasteiger partial charge on any atom is 0.188 e. The Morgan fingerprint density at radius 3 is 2.41 bits per heavy atom. The van der Waals surface area contributed by atoms with Crippen LogP contribution in [0.3, 0.4) is 0 Å². The predicted octanol–water partition coefficient (Wildman–Crippen LogP) is 7.23. The quantitative estimate of drug-likeness (QED) is 0.159. The van der Waals surface area contributed by atoms with Crippen LogP contribution in [0, 0.1) is 32.4 Å². The number of carbonyl (C=O) groups is 1. The molecule has 9 heteroatoms. The van der Waals surface area contributed by atoms with Gasteiger partial charge in [0, 0.05) is 34.8 Å². The summed E-state index contributed by atoms with van der Waals surface area (Å²) in [5, 5.41) is 8.34. The fourth-order valence-electron chi connectivity index (χ4n) is 4.28. The lowest BCUT2D eigenvalue weighted by molar-refractivity contribution is 0.0984. The van der Waals surface area contributed by atoms with Gasteiger partial charge in [-0.2, -0.15) is 5.10 Å². The number of aryl methyl sites for hydroxylation is 3. The molecule has 3 aromatic heterocycles. The van der Waals surface area contributed by atoms with E-state index < -0.39 is 5.82 Å². The van der Waals surface area contributed by atoms with E-state index in [1.54, 1.807) is 37.4 Å². The lowest BCUT2D eigenvalue weighted by Gasteiger charge is -2.14. The van der Waals surface area contributed by atoms with E-state index in [0.717, 1.165) is 22.4 Å². The summed E-state index contributed by atoms with van der Waals surface area (Å²) in [5.41, 5.74) is 5.76. The zero-order valence-corrected chi connectivity index (χ0v) is 22.6. The Kier molecular flexibility index (Phi) is 7.34. The molecule has 0 spiro atoms. The van der Waals surface area contributed by atoms with Gasteiger partial charge in [-0.1, -0.05) is 18.2 Å². The van der Waals surface area contributed by atoms with Crippen molar-refractivity contribution in [2.24, 2.45) is 0 Å². The van der Waals surface area contributed by atoms with Crippen LogP contribution >= 0.6 is 11.8 Å². The molecule has 0 radical (unpaired) electrons. The van der Waals surface area contributed by atoms with Gasteiger partial charge in [-0.05, 0) is 74.0 Å². The topological polar surface area (TPSA) is 77.9 Å². The number of fused-ring (bicyclic) bond motifs is 1. The number of rotatable bonds is 7. The van der Waals surface area contributed by atoms with E-state index in [9.17, 15) is 9.18 Å². The largest absolute Gasteiger partial charge is 0.452 e. The van der Waals surface area contributed by atoms with E-state index in [0.29, 0.717) is 32.9 Å². The van der Waals surface area contributed by atoms with E-state index in [-0.39, 0.29) is 29.5 Å². The van der Waals surface area contributed by atoms with Crippen molar-refractivity contribution in [1.29, 1.82) is 0 Å². The van der Waals surface area contributed by atoms with Gasteiger partial charge in [0.25, 0.3) is 0 Å². The smallest absolute Gasteiger partial charge is 0.188 e. The van der Waals surface area contributed by atoms with Crippen molar-refractivity contribution in [3.05, 3.63) is 101 Å². The Hall–Kier alpha value is -4.24. The zero-order valence-electron chi connectivity index (χ0n) is 21.8. The van der Waals surface area contributed by atoms with Crippen molar-refractivity contribution in [3.63, 3.8) is 0 Å². The minimum atomic E-state index is -0.610. The van der Waals surface area contributed by atoms with Crippen LogP contribution in [-0.4, -0.2) is 32.2 Å². The molecule has 6 nitrogen and oxygen atoms in total. The fourth-order valence-corrected chi connectivity index (χ4v) is 5.10. The number of hydrogen-bond donors (Lipinski definition) is 0. The summed E-state index contributed by atoms with van der Waals surface area (Å²) in [7, 11) is 0. The molecule has 0 amide bonds. The lowest BCUT2D eigenvalue weighted by Crippen LogP contribution is -2.11. The first kappa shape index (κ1) is 26.4. The Morgan fingerprint density at radius 2 is 1.69 bits per heavy atom. The van der Waals surface area contributed by atoms with E-state index in [2.05, 4.69) is 20.2 Å². The van der Waals surface area contributed by atoms with Crippen molar-refractivity contribution in [2.75, 3.05) is 6.26 Å². The summed E-state index contributed by atoms with van der Waals surface area (Å²) in [6, 6.07) is 14.0. The maximum absolute atomic E-state index is 15.1. The Labute approximate surface area is 228 Å². The third-order valence-corrected chi connectivity index (χ3v) is 7.21. The van der Waals surface area contributed by atoms with E-state index in [4.69, 9.17) is 4.74 Å². The van der Waals surface area contributed by atoms with Crippen LogP contribution in [0.2, 0.25) is 0 Å². The number of ether oxygens (including phenoxy) is 1. The summed E-state index contributed by atoms with van der Waals surface area (Å²) in [5.74, 6) is -0.871. The van der Waals surface area contributed by atoms with Crippen LogP contribution in [0.15, 0.2) is 65.7 Å². The molecule has 0 atom stereocenters. The van der Waals surface area contributed by atoms with Crippen molar-refractivity contribution < 1.29 is 18.3 Å². The van der Waals surface area contributed by atoms with Crippen LogP contribution in [0.1, 0.15) is 33.0 Å². The normalized spacial score (nSPS) is 11.1. The number of Topliss-reactive ketones (excluding diaryl/α,β-unsaturated/α-hetero) is 1. The standard InChI is InChI=1S/C30H24F2N4O2S/c1-16-13-23-28(34-17(16)2)26(11-12-33-23)38-25-10-5-19(14-22(25)32)15-24(37)29-30(39-4)27(18(3)35-36-29)20-6-8-21(31)9-7-20/h5-14H,15H2,1-4H3. The highest BCUT2D eigenvalue weighted by molar-refractivity contribution is 7.98. The highest BCUT2D eigenvalue weighted by Crippen LogP contribution is 2.35. The minimum Gasteiger partial charge on any atom is -0.452 e. The third kappa shape index (κ3) is 5.35. The van der Waals surface area contributed by atoms with Gasteiger partial charge in [-0.3, -0.25) is 9.78 Å². The van der Waals surface area contributed by atoms with Crippen LogP contribution < -0.4 is 4.74 Å². The molecule has 0 N–H and O–H groups in total. The second-order valence-corrected chi connectivity index (χ2v) is 9.90. The van der Waals surface area contributed by atoms with E-state index >= 15 is 4.39 Å². The van der Waals surface area contributed by atoms with E-state index in [1.165, 1.54) is 36.0 Å².